The van der Waals surface area contributed by atoms with Crippen molar-refractivity contribution in [2.45, 2.75) is 60.5 Å². The highest BCUT2D eigenvalue weighted by molar-refractivity contribution is 5.99. The lowest BCUT2D eigenvalue weighted by atomic mass is 9.87. The molecule has 0 spiro atoms. The molecule has 0 aromatic carbocycles. The minimum absolute atomic E-state index is 0.0242. The maximum absolute atomic E-state index is 12.4. The first-order valence-corrected chi connectivity index (χ1v) is 10.6. The van der Waals surface area contributed by atoms with Crippen LogP contribution in [0.2, 0.25) is 0 Å². The van der Waals surface area contributed by atoms with Gasteiger partial charge in [-0.1, -0.05) is 34.6 Å². The molecule has 1 aliphatic rings. The third kappa shape index (κ3) is 6.34. The summed E-state index contributed by atoms with van der Waals surface area (Å²) in [5.41, 5.74) is 0.255. The zero-order valence-electron chi connectivity index (χ0n) is 19.1. The summed E-state index contributed by atoms with van der Waals surface area (Å²) in [5, 5.41) is 0. The summed E-state index contributed by atoms with van der Waals surface area (Å²) in [5.74, 6) is 1.19. The zero-order valence-corrected chi connectivity index (χ0v) is 19.1. The van der Waals surface area contributed by atoms with E-state index in [1.165, 1.54) is 0 Å². The van der Waals surface area contributed by atoms with Gasteiger partial charge in [0.2, 0.25) is 0 Å². The molecule has 1 aromatic heterocycles. The number of carbonyl (C=O) groups excluding carboxylic acids is 2. The van der Waals surface area contributed by atoms with Gasteiger partial charge in [0.25, 0.3) is 0 Å². The number of ketones is 2. The van der Waals surface area contributed by atoms with Gasteiger partial charge >= 0.3 is 0 Å². The smallest absolute Gasteiger partial charge is 0.169 e. The first kappa shape index (κ1) is 23.5. The van der Waals surface area contributed by atoms with E-state index in [0.717, 1.165) is 25.5 Å². The van der Waals surface area contributed by atoms with Crippen LogP contribution >= 0.6 is 0 Å². The van der Waals surface area contributed by atoms with Crippen LogP contribution in [0.1, 0.15) is 58.8 Å². The van der Waals surface area contributed by atoms with Crippen molar-refractivity contribution in [2.24, 2.45) is 11.3 Å². The number of pyridine rings is 1. The largest absolute Gasteiger partial charge is 0.372 e. The lowest BCUT2D eigenvalue weighted by Crippen LogP contribution is -2.57. The third-order valence-corrected chi connectivity index (χ3v) is 5.39. The van der Waals surface area contributed by atoms with Crippen LogP contribution in [0.25, 0.3) is 0 Å². The van der Waals surface area contributed by atoms with E-state index in [-0.39, 0.29) is 24.1 Å². The summed E-state index contributed by atoms with van der Waals surface area (Å²) in [6.45, 7) is 17.4. The molecule has 0 saturated carbocycles. The number of carbonyl (C=O) groups is 2. The van der Waals surface area contributed by atoms with Gasteiger partial charge in [0.1, 0.15) is 12.4 Å². The quantitative estimate of drug-likeness (QED) is 0.489. The minimum atomic E-state index is -0.405. The van der Waals surface area contributed by atoms with E-state index in [9.17, 15) is 9.59 Å². The summed E-state index contributed by atoms with van der Waals surface area (Å²) in [4.78, 5) is 33.4. The molecule has 0 bridgehead atoms. The molecule has 162 valence electrons. The predicted molar refractivity (Wildman–Crippen MR) is 117 cm³/mol. The fourth-order valence-corrected chi connectivity index (χ4v) is 3.71. The predicted octanol–water partition coefficient (Wildman–Crippen LogP) is 3.45. The van der Waals surface area contributed by atoms with Crippen LogP contribution in [-0.4, -0.2) is 66.4 Å². The molecule has 1 fully saturated rings. The van der Waals surface area contributed by atoms with Gasteiger partial charge in [0, 0.05) is 54.8 Å². The number of ether oxygens (including phenoxy) is 1. The fraction of sp³-hybridized carbons (Fsp3) is 0.696. The number of piperazine rings is 1. The summed E-state index contributed by atoms with van der Waals surface area (Å²) in [6.07, 6.45) is 1.70. The molecule has 0 N–H and O–H groups in total. The Hall–Kier alpha value is -1.79. The molecule has 0 amide bonds. The average Bonchev–Trinajstić information content (AvgIpc) is 2.63. The highest BCUT2D eigenvalue weighted by atomic mass is 16.5. The first-order valence-electron chi connectivity index (χ1n) is 10.6. The number of aromatic nitrogens is 1. The molecule has 2 heterocycles. The van der Waals surface area contributed by atoms with Gasteiger partial charge in [-0.25, -0.2) is 4.98 Å². The monoisotopic (exact) mass is 403 g/mol. The van der Waals surface area contributed by atoms with E-state index in [2.05, 4.69) is 28.6 Å². The van der Waals surface area contributed by atoms with Crippen LogP contribution in [0.15, 0.2) is 18.3 Å². The van der Waals surface area contributed by atoms with Crippen molar-refractivity contribution in [1.82, 2.24) is 9.88 Å². The van der Waals surface area contributed by atoms with Crippen molar-refractivity contribution < 1.29 is 14.3 Å². The molecule has 6 heteroatoms. The summed E-state index contributed by atoms with van der Waals surface area (Å²) in [7, 11) is 0. The Labute approximate surface area is 175 Å². The molecule has 6 nitrogen and oxygen atoms in total. The van der Waals surface area contributed by atoms with Crippen molar-refractivity contribution in [3.63, 3.8) is 0 Å². The van der Waals surface area contributed by atoms with Gasteiger partial charge in [-0.05, 0) is 26.0 Å². The van der Waals surface area contributed by atoms with E-state index < -0.39 is 5.41 Å². The fourth-order valence-electron chi connectivity index (χ4n) is 3.71. The molecule has 29 heavy (non-hydrogen) atoms. The molecular formula is C23H37N3O3. The highest BCUT2D eigenvalue weighted by Gasteiger charge is 2.30. The molecule has 1 aliphatic heterocycles. The van der Waals surface area contributed by atoms with E-state index in [1.807, 2.05) is 46.8 Å². The Kier molecular flexibility index (Phi) is 7.94. The lowest BCUT2D eigenvalue weighted by molar-refractivity contribution is -0.126. The highest BCUT2D eigenvalue weighted by Crippen LogP contribution is 2.25. The Bertz CT molecular complexity index is 682. The van der Waals surface area contributed by atoms with Gasteiger partial charge in [-0.3, -0.25) is 14.5 Å². The van der Waals surface area contributed by atoms with Gasteiger partial charge in [0.05, 0.1) is 6.61 Å². The van der Waals surface area contributed by atoms with Crippen LogP contribution in [0.4, 0.5) is 5.82 Å². The van der Waals surface area contributed by atoms with E-state index in [1.54, 1.807) is 6.20 Å². The molecule has 0 radical (unpaired) electrons. The van der Waals surface area contributed by atoms with Crippen molar-refractivity contribution >= 4 is 17.4 Å². The van der Waals surface area contributed by atoms with Crippen molar-refractivity contribution in [2.75, 3.05) is 37.7 Å². The maximum Gasteiger partial charge on any atom is 0.169 e. The number of anilines is 1. The summed E-state index contributed by atoms with van der Waals surface area (Å²) < 4.78 is 5.56. The standard InChI is InChI=1S/C23H37N3O3/c1-16(2)20(27)15-29-11-10-25-13-17(3)26(18(4)14-25)21-9-8-19(12-24-21)22(28)23(5,6)7/h8-9,12,16-18H,10-11,13-15H2,1-7H3/t17-,18+. The van der Waals surface area contributed by atoms with Crippen LogP contribution in [0.3, 0.4) is 0 Å². The van der Waals surface area contributed by atoms with E-state index >= 15 is 0 Å². The topological polar surface area (TPSA) is 62.7 Å². The van der Waals surface area contributed by atoms with Crippen LogP contribution in [-0.2, 0) is 9.53 Å². The second kappa shape index (κ2) is 9.81. The maximum atomic E-state index is 12.4. The van der Waals surface area contributed by atoms with E-state index in [0.29, 0.717) is 24.3 Å². The molecule has 0 aliphatic carbocycles. The zero-order chi connectivity index (χ0) is 21.8. The second-order valence-corrected chi connectivity index (χ2v) is 9.52. The van der Waals surface area contributed by atoms with Gasteiger partial charge in [0.15, 0.2) is 11.6 Å². The molecule has 1 saturated heterocycles. The number of hydrogen-bond donors (Lipinski definition) is 0. The minimum Gasteiger partial charge on any atom is -0.372 e. The molecule has 2 atom stereocenters. The van der Waals surface area contributed by atoms with E-state index in [4.69, 9.17) is 4.74 Å². The normalized spacial score (nSPS) is 20.9. The molecular weight excluding hydrogens is 366 g/mol. The number of nitrogens with zero attached hydrogens (tertiary/aromatic N) is 3. The van der Waals surface area contributed by atoms with Crippen molar-refractivity contribution in [1.29, 1.82) is 0 Å². The van der Waals surface area contributed by atoms with Gasteiger partial charge < -0.3 is 9.64 Å². The Morgan fingerprint density at radius 1 is 1.17 bits per heavy atom. The number of rotatable bonds is 8. The Balaban J connectivity index is 1.91. The average molecular weight is 404 g/mol. The molecule has 1 aromatic rings. The molecule has 0 unspecified atom stereocenters. The summed E-state index contributed by atoms with van der Waals surface area (Å²) >= 11 is 0. The van der Waals surface area contributed by atoms with Crippen molar-refractivity contribution in [3.05, 3.63) is 23.9 Å². The van der Waals surface area contributed by atoms with Crippen LogP contribution in [0, 0.1) is 11.3 Å². The second-order valence-electron chi connectivity index (χ2n) is 9.52. The van der Waals surface area contributed by atoms with Gasteiger partial charge in [-0.2, -0.15) is 0 Å². The van der Waals surface area contributed by atoms with Crippen molar-refractivity contribution in [3.8, 4) is 0 Å². The Morgan fingerprint density at radius 3 is 2.28 bits per heavy atom. The number of Topliss-reactive ketones (excluding diaryl/α,β-unsaturated/α-hetero) is 2. The lowest BCUT2D eigenvalue weighted by Gasteiger charge is -2.45. The van der Waals surface area contributed by atoms with Gasteiger partial charge in [-0.15, -0.1) is 0 Å². The molecule has 2 rings (SSSR count). The van der Waals surface area contributed by atoms with Crippen LogP contribution < -0.4 is 4.90 Å². The Morgan fingerprint density at radius 2 is 1.79 bits per heavy atom. The third-order valence-electron chi connectivity index (χ3n) is 5.39. The SMILES string of the molecule is CC(C)C(=O)COCCN1C[C@@H](C)N(c2ccc(C(=O)C(C)(C)C)cn2)[C@@H](C)C1. The number of hydrogen-bond acceptors (Lipinski definition) is 6. The van der Waals surface area contributed by atoms with Crippen LogP contribution in [0.5, 0.6) is 0 Å². The first-order chi connectivity index (χ1) is 13.5. The summed E-state index contributed by atoms with van der Waals surface area (Å²) in [6, 6.07) is 4.45.